The summed E-state index contributed by atoms with van der Waals surface area (Å²) in [6, 6.07) is 0. The van der Waals surface area contributed by atoms with Crippen LogP contribution in [0.25, 0.3) is 0 Å². The predicted octanol–water partition coefficient (Wildman–Crippen LogP) is -0.972. The topological polar surface area (TPSA) is 81.2 Å². The number of H-pyrrole nitrogens is 1. The zero-order valence-corrected chi connectivity index (χ0v) is 9.38. The van der Waals surface area contributed by atoms with Gasteiger partial charge in [0.15, 0.2) is 0 Å². The Labute approximate surface area is 92.5 Å². The van der Waals surface area contributed by atoms with E-state index in [1.165, 1.54) is 6.26 Å². The van der Waals surface area contributed by atoms with Gasteiger partial charge in [-0.3, -0.25) is 18.6 Å². The van der Waals surface area contributed by atoms with Gasteiger partial charge in [-0.25, -0.2) is 4.79 Å². The molecule has 6 nitrogen and oxygen atoms in total. The van der Waals surface area contributed by atoms with Crippen LogP contribution in [0.1, 0.15) is 0 Å². The molecule has 0 aromatic carbocycles. The van der Waals surface area contributed by atoms with Crippen molar-refractivity contribution in [2.45, 2.75) is 6.73 Å². The van der Waals surface area contributed by atoms with Gasteiger partial charge in [-0.05, 0) is 0 Å². The van der Waals surface area contributed by atoms with Crippen LogP contribution in [0.15, 0.2) is 15.8 Å². The first-order valence-corrected chi connectivity index (χ1v) is 6.10. The fourth-order valence-electron chi connectivity index (χ4n) is 0.918. The smallest absolute Gasteiger partial charge is 0.330 e. The molecule has 0 saturated carbocycles. The maximum atomic E-state index is 12.8. The van der Waals surface area contributed by atoms with Gasteiger partial charge in [-0.2, -0.15) is 4.39 Å². The van der Waals surface area contributed by atoms with E-state index in [4.69, 9.17) is 4.74 Å². The maximum absolute atomic E-state index is 12.8. The van der Waals surface area contributed by atoms with Crippen molar-refractivity contribution in [1.82, 2.24) is 9.55 Å². The van der Waals surface area contributed by atoms with Gasteiger partial charge in [-0.1, -0.05) is 0 Å². The van der Waals surface area contributed by atoms with Crippen LogP contribution >= 0.6 is 0 Å². The SMILES string of the molecule is CS(=O)CCOCn1cc(F)c(=O)[nH]c1=O. The van der Waals surface area contributed by atoms with Crippen molar-refractivity contribution in [2.75, 3.05) is 18.6 Å². The molecule has 1 atom stereocenters. The third-order valence-corrected chi connectivity index (χ3v) is 2.45. The lowest BCUT2D eigenvalue weighted by atomic mass is 10.6. The summed E-state index contributed by atoms with van der Waals surface area (Å²) in [6.07, 6.45) is 2.29. The highest BCUT2D eigenvalue weighted by Gasteiger charge is 2.03. The molecular weight excluding hydrogens is 239 g/mol. The second-order valence-electron chi connectivity index (χ2n) is 3.02. The van der Waals surface area contributed by atoms with Crippen LogP contribution in [0.3, 0.4) is 0 Å². The van der Waals surface area contributed by atoms with E-state index >= 15 is 0 Å². The number of aromatic amines is 1. The molecular formula is C8H11FN2O4S. The monoisotopic (exact) mass is 250 g/mol. The second-order valence-corrected chi connectivity index (χ2v) is 4.58. The number of aromatic nitrogens is 2. The minimum absolute atomic E-state index is 0.191. The van der Waals surface area contributed by atoms with E-state index < -0.39 is 27.9 Å². The third kappa shape index (κ3) is 3.70. The molecule has 0 spiro atoms. The van der Waals surface area contributed by atoms with Gasteiger partial charge in [0, 0.05) is 22.8 Å². The molecule has 90 valence electrons. The molecule has 0 aliphatic carbocycles. The quantitative estimate of drug-likeness (QED) is 0.682. The van der Waals surface area contributed by atoms with Crippen molar-refractivity contribution in [2.24, 2.45) is 0 Å². The summed E-state index contributed by atoms with van der Waals surface area (Å²) in [4.78, 5) is 23.6. The second kappa shape index (κ2) is 5.71. The summed E-state index contributed by atoms with van der Waals surface area (Å²) in [7, 11) is -0.981. The first kappa shape index (κ1) is 12.8. The average molecular weight is 250 g/mol. The Hall–Kier alpha value is -1.28. The summed E-state index contributed by atoms with van der Waals surface area (Å²) in [5, 5.41) is 0. The van der Waals surface area contributed by atoms with E-state index in [9.17, 15) is 18.2 Å². The lowest BCUT2D eigenvalue weighted by molar-refractivity contribution is 0.0851. The molecule has 1 heterocycles. The highest BCUT2D eigenvalue weighted by molar-refractivity contribution is 7.84. The molecule has 1 rings (SSSR count). The molecule has 1 unspecified atom stereocenters. The molecule has 0 saturated heterocycles. The first-order chi connectivity index (χ1) is 7.50. The molecule has 1 aromatic rings. The van der Waals surface area contributed by atoms with Crippen LogP contribution in [0.4, 0.5) is 4.39 Å². The van der Waals surface area contributed by atoms with Crippen LogP contribution in [0.2, 0.25) is 0 Å². The number of hydrogen-bond acceptors (Lipinski definition) is 4. The van der Waals surface area contributed by atoms with Crippen LogP contribution in [0.5, 0.6) is 0 Å². The molecule has 0 amide bonds. The van der Waals surface area contributed by atoms with Gasteiger partial charge in [0.1, 0.15) is 6.73 Å². The van der Waals surface area contributed by atoms with E-state index in [1.807, 2.05) is 0 Å². The lowest BCUT2D eigenvalue weighted by Gasteiger charge is -2.05. The number of hydrogen-bond donors (Lipinski definition) is 1. The largest absolute Gasteiger partial charge is 0.360 e. The summed E-state index contributed by atoms with van der Waals surface area (Å²) in [5.41, 5.74) is -1.81. The molecule has 0 aliphatic heterocycles. The summed E-state index contributed by atoms with van der Waals surface area (Å²) in [5.74, 6) is -0.720. The van der Waals surface area contributed by atoms with Crippen molar-refractivity contribution in [3.8, 4) is 0 Å². The van der Waals surface area contributed by atoms with Crippen molar-refractivity contribution in [3.63, 3.8) is 0 Å². The Balaban J connectivity index is 2.61. The molecule has 0 radical (unpaired) electrons. The highest BCUT2D eigenvalue weighted by Crippen LogP contribution is 1.86. The minimum atomic E-state index is -1.06. The normalized spacial score (nSPS) is 12.6. The summed E-state index contributed by atoms with van der Waals surface area (Å²) < 4.78 is 29.3. The van der Waals surface area contributed by atoms with E-state index in [1.54, 1.807) is 4.98 Å². The lowest BCUT2D eigenvalue weighted by Crippen LogP contribution is -2.32. The van der Waals surface area contributed by atoms with Crippen LogP contribution in [-0.4, -0.2) is 32.4 Å². The molecule has 1 N–H and O–H groups in total. The number of halogens is 1. The van der Waals surface area contributed by atoms with Crippen molar-refractivity contribution < 1.29 is 13.3 Å². The fraction of sp³-hybridized carbons (Fsp3) is 0.500. The van der Waals surface area contributed by atoms with Crippen molar-refractivity contribution in [3.05, 3.63) is 32.9 Å². The van der Waals surface area contributed by atoms with Gasteiger partial charge in [0.05, 0.1) is 12.8 Å². The zero-order valence-electron chi connectivity index (χ0n) is 8.57. The molecule has 8 heteroatoms. The van der Waals surface area contributed by atoms with Gasteiger partial charge in [0.25, 0.3) is 5.56 Å². The molecule has 1 aromatic heterocycles. The van der Waals surface area contributed by atoms with E-state index in [0.717, 1.165) is 10.8 Å². The van der Waals surface area contributed by atoms with Crippen molar-refractivity contribution in [1.29, 1.82) is 0 Å². The summed E-state index contributed by atoms with van der Waals surface area (Å²) >= 11 is 0. The zero-order chi connectivity index (χ0) is 12.1. The Morgan fingerprint density at radius 2 is 2.25 bits per heavy atom. The Morgan fingerprint density at radius 3 is 2.88 bits per heavy atom. The van der Waals surface area contributed by atoms with Gasteiger partial charge < -0.3 is 4.74 Å². The Kier molecular flexibility index (Phi) is 4.56. The van der Waals surface area contributed by atoms with Crippen molar-refractivity contribution >= 4 is 10.8 Å². The van der Waals surface area contributed by atoms with E-state index in [0.29, 0.717) is 5.75 Å². The fourth-order valence-corrected chi connectivity index (χ4v) is 1.27. The van der Waals surface area contributed by atoms with Crippen LogP contribution in [-0.2, 0) is 22.3 Å². The van der Waals surface area contributed by atoms with E-state index in [-0.39, 0.29) is 13.3 Å². The Bertz CT molecular complexity index is 496. The first-order valence-electron chi connectivity index (χ1n) is 4.37. The number of nitrogens with one attached hydrogen (secondary N) is 1. The standard InChI is InChI=1S/C8H11FN2O4S/c1-16(14)3-2-15-5-11-4-6(9)7(12)10-8(11)13/h4H,2-3,5H2,1H3,(H,10,12,13). The minimum Gasteiger partial charge on any atom is -0.360 e. The average Bonchev–Trinajstić information content (AvgIpc) is 2.19. The molecule has 16 heavy (non-hydrogen) atoms. The number of ether oxygens (including phenoxy) is 1. The highest BCUT2D eigenvalue weighted by atomic mass is 32.2. The predicted molar refractivity (Wildman–Crippen MR) is 56.2 cm³/mol. The Morgan fingerprint density at radius 1 is 1.56 bits per heavy atom. The number of rotatable bonds is 5. The van der Waals surface area contributed by atoms with Gasteiger partial charge in [-0.15, -0.1) is 0 Å². The van der Waals surface area contributed by atoms with Gasteiger partial charge >= 0.3 is 5.69 Å². The van der Waals surface area contributed by atoms with Gasteiger partial charge in [0.2, 0.25) is 5.82 Å². The van der Waals surface area contributed by atoms with Crippen LogP contribution in [0, 0.1) is 5.82 Å². The summed E-state index contributed by atoms with van der Waals surface area (Å²) in [6.45, 7) is 0.0000297. The van der Waals surface area contributed by atoms with E-state index in [2.05, 4.69) is 0 Å². The van der Waals surface area contributed by atoms with Crippen LogP contribution < -0.4 is 11.2 Å². The molecule has 0 bridgehead atoms. The maximum Gasteiger partial charge on any atom is 0.330 e. The third-order valence-electron chi connectivity index (χ3n) is 1.71. The molecule has 0 fully saturated rings. The number of nitrogens with zero attached hydrogens (tertiary/aromatic N) is 1. The molecule has 0 aliphatic rings.